The zero-order chi connectivity index (χ0) is 43.0. The molecule has 1 amide bonds. The van der Waals surface area contributed by atoms with Crippen molar-refractivity contribution < 1.29 is 59.0 Å². The van der Waals surface area contributed by atoms with Crippen molar-refractivity contribution in [1.82, 2.24) is 5.32 Å². The summed E-state index contributed by atoms with van der Waals surface area (Å²) in [7, 11) is -5.14. The van der Waals surface area contributed by atoms with Crippen LogP contribution in [-0.4, -0.2) is 108 Å². The fourth-order valence-corrected chi connectivity index (χ4v) is 8.20. The first-order valence-corrected chi connectivity index (χ1v) is 24.4. The smallest absolute Gasteiger partial charge is 0.393 e. The van der Waals surface area contributed by atoms with Crippen molar-refractivity contribution in [3.63, 3.8) is 0 Å². The highest BCUT2D eigenvalue weighted by atomic mass is 31.2. The Labute approximate surface area is 350 Å². The molecule has 13 nitrogen and oxygen atoms in total. The lowest BCUT2D eigenvalue weighted by Crippen LogP contribution is -2.64. The summed E-state index contributed by atoms with van der Waals surface area (Å²) < 4.78 is 22.8. The summed E-state index contributed by atoms with van der Waals surface area (Å²) >= 11 is 0. The molecular weight excluding hydrogens is 765 g/mol. The third kappa shape index (κ3) is 26.2. The molecule has 0 heterocycles. The van der Waals surface area contributed by atoms with E-state index in [2.05, 4.69) is 31.3 Å². The van der Waals surface area contributed by atoms with E-state index in [1.807, 2.05) is 0 Å². The molecule has 0 aromatic carbocycles. The van der Waals surface area contributed by atoms with Crippen LogP contribution in [0.1, 0.15) is 187 Å². The second-order valence-corrected chi connectivity index (χ2v) is 17.8. The van der Waals surface area contributed by atoms with Gasteiger partial charge in [-0.05, 0) is 44.9 Å². The summed E-state index contributed by atoms with van der Waals surface area (Å²) in [5.41, 5.74) is 0. The average molecular weight is 850 g/mol. The molecule has 9 N–H and O–H groups in total. The Morgan fingerprint density at radius 3 is 1.47 bits per heavy atom. The van der Waals surface area contributed by atoms with Crippen LogP contribution >= 0.6 is 7.82 Å². The molecule has 0 aliphatic heterocycles. The largest absolute Gasteiger partial charge is 0.472 e. The molecule has 8 atom stereocenters. The van der Waals surface area contributed by atoms with Gasteiger partial charge in [0.2, 0.25) is 5.91 Å². The van der Waals surface area contributed by atoms with Gasteiger partial charge in [0.15, 0.2) is 0 Å². The normalized spacial score (nSPS) is 24.0. The standard InChI is InChI=1S/C44H84NO12P/c1-3-5-7-9-11-13-15-16-17-18-19-20-22-23-25-27-29-31-35(46)33-38(48)45-36(37(47)32-30-28-26-24-21-14-12-10-8-6-4-2)34-56-58(54,55)57-44-42(52)40(50)39(49)41(51)43(44)53/h18-19,30,32,35-37,39-44,46-47,49-53H,3-17,20-29,31,33-34H2,1-2H3,(H,45,48)(H,54,55)/b19-18-,32-30+. The van der Waals surface area contributed by atoms with Crippen molar-refractivity contribution in [2.45, 2.75) is 242 Å². The molecule has 0 aromatic rings. The zero-order valence-electron chi connectivity index (χ0n) is 36.0. The minimum absolute atomic E-state index is 0.249. The van der Waals surface area contributed by atoms with Crippen molar-refractivity contribution in [3.8, 4) is 0 Å². The maximum atomic E-state index is 13.0. The molecule has 14 heteroatoms. The summed E-state index contributed by atoms with van der Waals surface area (Å²) in [6.45, 7) is 3.71. The van der Waals surface area contributed by atoms with Crippen LogP contribution in [0.5, 0.6) is 0 Å². The first-order chi connectivity index (χ1) is 27.8. The molecule has 0 bridgehead atoms. The number of phosphoric acid groups is 1. The average Bonchev–Trinajstić information content (AvgIpc) is 3.19. The van der Waals surface area contributed by atoms with Crippen LogP contribution < -0.4 is 5.32 Å². The van der Waals surface area contributed by atoms with E-state index in [9.17, 15) is 50.0 Å². The number of unbranched alkanes of at least 4 members (excludes halogenated alkanes) is 22. The summed E-state index contributed by atoms with van der Waals surface area (Å²) in [6, 6.07) is -1.24. The van der Waals surface area contributed by atoms with Crippen LogP contribution in [0.4, 0.5) is 0 Å². The number of allylic oxidation sites excluding steroid dienone is 3. The Morgan fingerprint density at radius 1 is 0.603 bits per heavy atom. The van der Waals surface area contributed by atoms with Gasteiger partial charge in [0, 0.05) is 0 Å². The van der Waals surface area contributed by atoms with Crippen molar-refractivity contribution >= 4 is 13.7 Å². The third-order valence-corrected chi connectivity index (χ3v) is 12.0. The molecule has 1 saturated carbocycles. The number of aliphatic hydroxyl groups is 7. The van der Waals surface area contributed by atoms with E-state index >= 15 is 0 Å². The number of aliphatic hydroxyl groups excluding tert-OH is 7. The van der Waals surface area contributed by atoms with Crippen molar-refractivity contribution in [2.24, 2.45) is 0 Å². The maximum absolute atomic E-state index is 13.0. The number of carbonyl (C=O) groups is 1. The second-order valence-electron chi connectivity index (χ2n) is 16.4. The number of nitrogens with one attached hydrogen (secondary N) is 1. The van der Waals surface area contributed by atoms with Gasteiger partial charge in [-0.15, -0.1) is 0 Å². The molecule has 1 aliphatic carbocycles. The van der Waals surface area contributed by atoms with Gasteiger partial charge in [-0.2, -0.15) is 0 Å². The van der Waals surface area contributed by atoms with Gasteiger partial charge in [-0.3, -0.25) is 13.8 Å². The van der Waals surface area contributed by atoms with Crippen LogP contribution in [0.15, 0.2) is 24.3 Å². The van der Waals surface area contributed by atoms with Gasteiger partial charge in [0.1, 0.15) is 36.6 Å². The lowest BCUT2D eigenvalue weighted by Gasteiger charge is -2.41. The molecule has 0 saturated heterocycles. The highest BCUT2D eigenvalue weighted by Gasteiger charge is 2.51. The third-order valence-electron chi connectivity index (χ3n) is 11.0. The summed E-state index contributed by atoms with van der Waals surface area (Å²) in [4.78, 5) is 23.4. The van der Waals surface area contributed by atoms with Crippen molar-refractivity contribution in [3.05, 3.63) is 24.3 Å². The molecule has 0 radical (unpaired) electrons. The lowest BCUT2D eigenvalue weighted by atomic mass is 9.85. The van der Waals surface area contributed by atoms with E-state index < -0.39 is 75.2 Å². The predicted molar refractivity (Wildman–Crippen MR) is 229 cm³/mol. The molecular formula is C44H84NO12P. The van der Waals surface area contributed by atoms with Crippen LogP contribution in [-0.2, 0) is 18.4 Å². The summed E-state index contributed by atoms with van der Waals surface area (Å²) in [6.07, 6.45) is 22.8. The molecule has 8 unspecified atom stereocenters. The highest BCUT2D eigenvalue weighted by Crippen LogP contribution is 2.47. The van der Waals surface area contributed by atoms with E-state index in [0.717, 1.165) is 64.2 Å². The first-order valence-electron chi connectivity index (χ1n) is 22.9. The lowest BCUT2D eigenvalue weighted by molar-refractivity contribution is -0.220. The predicted octanol–water partition coefficient (Wildman–Crippen LogP) is 7.20. The Morgan fingerprint density at radius 2 is 1.00 bits per heavy atom. The number of hydrogen-bond acceptors (Lipinski definition) is 11. The van der Waals surface area contributed by atoms with Crippen LogP contribution in [0.25, 0.3) is 0 Å². The maximum Gasteiger partial charge on any atom is 0.472 e. The van der Waals surface area contributed by atoms with Gasteiger partial charge >= 0.3 is 7.82 Å². The Bertz CT molecular complexity index is 1100. The topological polar surface area (TPSA) is 226 Å². The zero-order valence-corrected chi connectivity index (χ0v) is 36.9. The molecule has 58 heavy (non-hydrogen) atoms. The van der Waals surface area contributed by atoms with Gasteiger partial charge < -0.3 is 46.0 Å². The van der Waals surface area contributed by atoms with E-state index in [1.54, 1.807) is 6.08 Å². The van der Waals surface area contributed by atoms with Gasteiger partial charge in [0.25, 0.3) is 0 Å². The van der Waals surface area contributed by atoms with Gasteiger partial charge in [-0.25, -0.2) is 4.57 Å². The van der Waals surface area contributed by atoms with Crippen molar-refractivity contribution in [1.29, 1.82) is 0 Å². The minimum Gasteiger partial charge on any atom is -0.393 e. The number of amides is 1. The Hall–Kier alpha value is -1.22. The van der Waals surface area contributed by atoms with E-state index in [1.165, 1.54) is 96.0 Å². The monoisotopic (exact) mass is 850 g/mol. The number of rotatable bonds is 37. The molecule has 1 fully saturated rings. The molecule has 0 aromatic heterocycles. The Kier molecular flexibility index (Phi) is 32.5. The van der Waals surface area contributed by atoms with Crippen LogP contribution in [0.3, 0.4) is 0 Å². The van der Waals surface area contributed by atoms with E-state index in [4.69, 9.17) is 9.05 Å². The Balaban J connectivity index is 2.53. The first kappa shape index (κ1) is 54.8. The highest BCUT2D eigenvalue weighted by molar-refractivity contribution is 7.47. The molecule has 1 rings (SSSR count). The number of carbonyl (C=O) groups excluding carboxylic acids is 1. The fraction of sp³-hybridized carbons (Fsp3) is 0.886. The molecule has 342 valence electrons. The molecule has 1 aliphatic rings. The number of phosphoric ester groups is 1. The quantitative estimate of drug-likeness (QED) is 0.0172. The van der Waals surface area contributed by atoms with Crippen molar-refractivity contribution in [2.75, 3.05) is 6.61 Å². The summed E-state index contributed by atoms with van der Waals surface area (Å²) in [5, 5.41) is 74.3. The fourth-order valence-electron chi connectivity index (χ4n) is 7.23. The summed E-state index contributed by atoms with van der Waals surface area (Å²) in [5.74, 6) is -0.599. The van der Waals surface area contributed by atoms with Crippen LogP contribution in [0.2, 0.25) is 0 Å². The van der Waals surface area contributed by atoms with Gasteiger partial charge in [0.05, 0.1) is 31.3 Å². The number of hydrogen-bond donors (Lipinski definition) is 9. The minimum atomic E-state index is -5.14. The SMILES string of the molecule is CCCCCCCCCC/C=C\CCCCCCCC(O)CC(=O)NC(COP(=O)(O)OC1C(O)C(O)C(O)C(O)C1O)C(O)/C=C/CCCCCCCCCCC. The van der Waals surface area contributed by atoms with Gasteiger partial charge in [-0.1, -0.05) is 160 Å². The molecule has 0 spiro atoms. The second kappa shape index (κ2) is 34.4. The van der Waals surface area contributed by atoms with Crippen LogP contribution in [0, 0.1) is 0 Å². The van der Waals surface area contributed by atoms with E-state index in [-0.39, 0.29) is 6.42 Å². The van der Waals surface area contributed by atoms with E-state index in [0.29, 0.717) is 12.8 Å².